The molecule has 0 heterocycles. The normalized spacial score (nSPS) is 12.3. The number of rotatable bonds is 18. The van der Waals surface area contributed by atoms with Crippen LogP contribution in [-0.4, -0.2) is 61.1 Å². The van der Waals surface area contributed by atoms with Crippen molar-refractivity contribution in [2.75, 3.05) is 0 Å². The van der Waals surface area contributed by atoms with Crippen LogP contribution in [0.25, 0.3) is 0 Å². The van der Waals surface area contributed by atoms with Crippen molar-refractivity contribution in [1.29, 1.82) is 0 Å². The molecule has 10 heteroatoms. The Balaban J connectivity index is -0.000000307. The van der Waals surface area contributed by atoms with Crippen molar-refractivity contribution in [3.8, 4) is 0 Å². The van der Waals surface area contributed by atoms with Crippen LogP contribution in [-0.2, 0) is 28.8 Å². The third-order valence-electron chi connectivity index (χ3n) is 9.64. The van der Waals surface area contributed by atoms with E-state index < -0.39 is 34.2 Å². The van der Waals surface area contributed by atoms with Crippen LogP contribution in [0.1, 0.15) is 144 Å². The molecule has 49 heavy (non-hydrogen) atoms. The van der Waals surface area contributed by atoms with Gasteiger partial charge in [-0.25, -0.2) is 0 Å². The maximum Gasteiger partial charge on any atom is 3.00 e. The number of carbonyl (C=O) groups excluding carboxylic acids is 6. The second-order valence-electron chi connectivity index (χ2n) is 16.5. The average molecular weight is 797 g/mol. The fraction of sp³-hybridized carbons (Fsp3) is 0.846. The van der Waals surface area contributed by atoms with Crippen molar-refractivity contribution in [2.45, 2.75) is 144 Å². The standard InChI is InChI=1S/3C13H24O3.In/c3*1-8(2)7-11(14)13(9(3)4,10(5)6)12(15)16;/h3*8-10H,7H2,1-6H3,(H,15,16);/q;;;+3/p-3. The van der Waals surface area contributed by atoms with Gasteiger partial charge >= 0.3 is 25.8 Å². The van der Waals surface area contributed by atoms with Gasteiger partial charge in [0.2, 0.25) is 0 Å². The van der Waals surface area contributed by atoms with Gasteiger partial charge in [0.25, 0.3) is 0 Å². The largest absolute Gasteiger partial charge is 3.00 e. The van der Waals surface area contributed by atoms with Crippen LogP contribution in [0.2, 0.25) is 0 Å². The summed E-state index contributed by atoms with van der Waals surface area (Å²) in [7, 11) is 0. The summed E-state index contributed by atoms with van der Waals surface area (Å²) in [4.78, 5) is 70.7. The fourth-order valence-electron chi connectivity index (χ4n) is 7.31. The van der Waals surface area contributed by atoms with E-state index in [1.807, 2.05) is 41.5 Å². The summed E-state index contributed by atoms with van der Waals surface area (Å²) in [5.41, 5.74) is -4.03. The van der Waals surface area contributed by atoms with Gasteiger partial charge in [0.1, 0.15) is 17.3 Å². The summed E-state index contributed by atoms with van der Waals surface area (Å²) in [6, 6.07) is 0. The zero-order chi connectivity index (χ0) is 39.3. The Morgan fingerprint density at radius 2 is 0.469 bits per heavy atom. The first kappa shape index (κ1) is 54.1. The summed E-state index contributed by atoms with van der Waals surface area (Å²) in [5.74, 6) is -5.27. The van der Waals surface area contributed by atoms with Gasteiger partial charge in [0.05, 0.1) is 34.2 Å². The van der Waals surface area contributed by atoms with Crippen molar-refractivity contribution in [3.63, 3.8) is 0 Å². The van der Waals surface area contributed by atoms with Crippen LogP contribution >= 0.6 is 0 Å². The van der Waals surface area contributed by atoms with Gasteiger partial charge in [-0.15, -0.1) is 0 Å². The third-order valence-corrected chi connectivity index (χ3v) is 9.64. The van der Waals surface area contributed by atoms with E-state index in [4.69, 9.17) is 0 Å². The van der Waals surface area contributed by atoms with Gasteiger partial charge in [0.15, 0.2) is 0 Å². The molecular formula is C39H69InO9. The van der Waals surface area contributed by atoms with E-state index in [2.05, 4.69) is 0 Å². The molecule has 9 nitrogen and oxygen atoms in total. The van der Waals surface area contributed by atoms with Crippen molar-refractivity contribution in [3.05, 3.63) is 0 Å². The van der Waals surface area contributed by atoms with E-state index in [1.54, 1.807) is 83.1 Å². The van der Waals surface area contributed by atoms with Crippen molar-refractivity contribution >= 4 is 61.1 Å². The Bertz CT molecular complexity index is 909. The van der Waals surface area contributed by atoms with Gasteiger partial charge in [-0.05, 0) is 53.3 Å². The maximum atomic E-state index is 12.2. The number of hydrogen-bond donors (Lipinski definition) is 0. The monoisotopic (exact) mass is 796 g/mol. The first-order valence-electron chi connectivity index (χ1n) is 17.7. The molecule has 0 fully saturated rings. The summed E-state index contributed by atoms with van der Waals surface area (Å²) < 4.78 is 0. The van der Waals surface area contributed by atoms with Crippen LogP contribution in [0.4, 0.5) is 0 Å². The minimum Gasteiger partial charge on any atom is -0.549 e. The Morgan fingerprint density at radius 1 is 0.347 bits per heavy atom. The predicted octanol–water partition coefficient (Wildman–Crippen LogP) is 4.57. The number of aliphatic carboxylic acids is 3. The number of carboxylic acid groups (broad SMARTS) is 3. The minimum absolute atomic E-state index is 0. The molecule has 0 aliphatic rings. The molecule has 0 bridgehead atoms. The zero-order valence-electron chi connectivity index (χ0n) is 34.1. The molecule has 0 aliphatic heterocycles. The van der Waals surface area contributed by atoms with E-state index >= 15 is 0 Å². The first-order chi connectivity index (χ1) is 21.5. The van der Waals surface area contributed by atoms with Crippen LogP contribution in [0.3, 0.4) is 0 Å². The van der Waals surface area contributed by atoms with Gasteiger partial charge in [-0.2, -0.15) is 0 Å². The molecule has 0 aliphatic carbocycles. The first-order valence-corrected chi connectivity index (χ1v) is 17.7. The van der Waals surface area contributed by atoms with Crippen molar-refractivity contribution < 1.29 is 44.1 Å². The van der Waals surface area contributed by atoms with E-state index in [0.717, 1.165) is 0 Å². The Labute approximate surface area is 317 Å². The van der Waals surface area contributed by atoms with Gasteiger partial charge in [-0.1, -0.05) is 125 Å². The molecule has 0 rings (SSSR count). The van der Waals surface area contributed by atoms with Crippen LogP contribution in [0.15, 0.2) is 0 Å². The smallest absolute Gasteiger partial charge is 0.549 e. The third kappa shape index (κ3) is 13.4. The molecule has 0 saturated heterocycles. The van der Waals surface area contributed by atoms with E-state index in [1.165, 1.54) is 0 Å². The van der Waals surface area contributed by atoms with Crippen LogP contribution in [0.5, 0.6) is 0 Å². The number of hydrogen-bond acceptors (Lipinski definition) is 9. The second kappa shape index (κ2) is 23.0. The average Bonchev–Trinajstić information content (AvgIpc) is 2.82. The van der Waals surface area contributed by atoms with Crippen molar-refractivity contribution in [1.82, 2.24) is 0 Å². The quantitative estimate of drug-likeness (QED) is 0.180. The number of Topliss-reactive ketones (excluding diaryl/α,β-unsaturated/α-hetero) is 3. The maximum absolute atomic E-state index is 12.2. The zero-order valence-corrected chi connectivity index (χ0v) is 37.4. The molecule has 0 saturated carbocycles. The fourth-order valence-corrected chi connectivity index (χ4v) is 7.31. The second-order valence-corrected chi connectivity index (χ2v) is 16.5. The molecule has 0 aromatic carbocycles. The molecular weight excluding hydrogens is 727 g/mol. The Morgan fingerprint density at radius 3 is 0.531 bits per heavy atom. The van der Waals surface area contributed by atoms with Gasteiger partial charge in [-0.3, -0.25) is 14.4 Å². The van der Waals surface area contributed by atoms with Crippen LogP contribution < -0.4 is 15.3 Å². The summed E-state index contributed by atoms with van der Waals surface area (Å²) in [5, 5.41) is 34.2. The molecule has 0 aromatic heterocycles. The van der Waals surface area contributed by atoms with E-state index in [-0.39, 0.29) is 96.5 Å². The Hall–Kier alpha value is -1.71. The SMILES string of the molecule is CC(C)CC(=O)C(C(=O)[O-])(C(C)C)C(C)C.CC(C)CC(=O)C(C(=O)[O-])(C(C)C)C(C)C.CC(C)CC(=O)C(C(=O)[O-])(C(C)C)C(C)C.[In+3]. The molecule has 0 spiro atoms. The summed E-state index contributed by atoms with van der Waals surface area (Å²) in [6.07, 6.45) is 0.888. The summed E-state index contributed by atoms with van der Waals surface area (Å²) in [6.45, 7) is 32.8. The number of carbonyl (C=O) groups is 6. The van der Waals surface area contributed by atoms with Crippen LogP contribution in [0, 0.1) is 69.5 Å². The van der Waals surface area contributed by atoms with E-state index in [9.17, 15) is 44.1 Å². The topological polar surface area (TPSA) is 172 Å². The molecule has 0 radical (unpaired) electrons. The molecule has 0 N–H and O–H groups in total. The summed E-state index contributed by atoms with van der Waals surface area (Å²) >= 11 is 0. The molecule has 282 valence electrons. The molecule has 0 amide bonds. The van der Waals surface area contributed by atoms with E-state index in [0.29, 0.717) is 19.3 Å². The molecule has 0 atom stereocenters. The van der Waals surface area contributed by atoms with Crippen molar-refractivity contribution in [2.24, 2.45) is 69.5 Å². The number of carboxylic acids is 3. The minimum atomic E-state index is -1.34. The molecule has 0 aromatic rings. The predicted molar refractivity (Wildman–Crippen MR) is 190 cm³/mol. The molecule has 0 unspecified atom stereocenters. The Kier molecular flexibility index (Phi) is 25.4. The van der Waals surface area contributed by atoms with Gasteiger partial charge in [0, 0.05) is 19.3 Å². The van der Waals surface area contributed by atoms with Gasteiger partial charge < -0.3 is 29.7 Å². The number of ketones is 3.